The predicted molar refractivity (Wildman–Crippen MR) is 89.7 cm³/mol. The number of benzene rings is 2. The fourth-order valence-electron chi connectivity index (χ4n) is 1.94. The Balaban J connectivity index is 1.77. The van der Waals surface area contributed by atoms with E-state index < -0.39 is 30.2 Å². The van der Waals surface area contributed by atoms with Crippen LogP contribution in [0.1, 0.15) is 15.9 Å². The molecule has 136 valence electrons. The number of carbonyl (C=O) groups excluding carboxylic acids is 3. The first-order valence-corrected chi connectivity index (χ1v) is 7.64. The molecule has 0 fully saturated rings. The molecule has 7 nitrogen and oxygen atoms in total. The van der Waals surface area contributed by atoms with Gasteiger partial charge in [0.1, 0.15) is 11.6 Å². The molecule has 0 atom stereocenters. The highest BCUT2D eigenvalue weighted by Crippen LogP contribution is 2.13. The Bertz CT molecular complexity index is 792. The standard InChI is InChI=1S/C18H17FN2O5/c19-15-4-2-1-3-13(15)9-21-17(23)11-26-18(24)12-5-7-14(8-6-12)25-10-16(20)22/h1-8H,9-11H2,(H2,20,22)(H,21,23). The normalized spacial score (nSPS) is 10.0. The number of primary amides is 1. The number of rotatable bonds is 8. The van der Waals surface area contributed by atoms with Gasteiger partial charge >= 0.3 is 5.97 Å². The van der Waals surface area contributed by atoms with Crippen LogP contribution in [-0.4, -0.2) is 31.0 Å². The summed E-state index contributed by atoms with van der Waals surface area (Å²) in [5, 5.41) is 2.46. The Morgan fingerprint density at radius 3 is 2.35 bits per heavy atom. The molecule has 3 N–H and O–H groups in total. The van der Waals surface area contributed by atoms with Crippen LogP contribution in [0.3, 0.4) is 0 Å². The quantitative estimate of drug-likeness (QED) is 0.687. The summed E-state index contributed by atoms with van der Waals surface area (Å²) in [6.07, 6.45) is 0. The maximum Gasteiger partial charge on any atom is 0.338 e. The van der Waals surface area contributed by atoms with Gasteiger partial charge < -0.3 is 20.5 Å². The highest BCUT2D eigenvalue weighted by Gasteiger charge is 2.11. The third-order valence-corrected chi connectivity index (χ3v) is 3.24. The van der Waals surface area contributed by atoms with E-state index >= 15 is 0 Å². The molecule has 0 unspecified atom stereocenters. The number of esters is 1. The molecule has 2 aromatic carbocycles. The second-order valence-corrected chi connectivity index (χ2v) is 5.22. The van der Waals surface area contributed by atoms with Crippen LogP contribution in [0.2, 0.25) is 0 Å². The van der Waals surface area contributed by atoms with Crippen LogP contribution in [0.5, 0.6) is 5.75 Å². The molecular weight excluding hydrogens is 343 g/mol. The Kier molecular flexibility index (Phi) is 6.67. The van der Waals surface area contributed by atoms with Crippen LogP contribution in [0, 0.1) is 5.82 Å². The van der Waals surface area contributed by atoms with Crippen molar-refractivity contribution in [3.63, 3.8) is 0 Å². The first-order chi connectivity index (χ1) is 12.5. The zero-order chi connectivity index (χ0) is 18.9. The summed E-state index contributed by atoms with van der Waals surface area (Å²) >= 11 is 0. The van der Waals surface area contributed by atoms with Crippen molar-refractivity contribution in [2.24, 2.45) is 5.73 Å². The van der Waals surface area contributed by atoms with E-state index in [1.807, 2.05) is 0 Å². The van der Waals surface area contributed by atoms with Gasteiger partial charge in [-0.25, -0.2) is 9.18 Å². The van der Waals surface area contributed by atoms with Gasteiger partial charge in [-0.2, -0.15) is 0 Å². The highest BCUT2D eigenvalue weighted by molar-refractivity contribution is 5.91. The fraction of sp³-hybridized carbons (Fsp3) is 0.167. The van der Waals surface area contributed by atoms with Crippen LogP contribution in [0.15, 0.2) is 48.5 Å². The minimum atomic E-state index is -0.701. The van der Waals surface area contributed by atoms with Crippen molar-refractivity contribution in [2.45, 2.75) is 6.54 Å². The molecule has 0 heterocycles. The SMILES string of the molecule is NC(=O)COc1ccc(C(=O)OCC(=O)NCc2ccccc2F)cc1. The van der Waals surface area contributed by atoms with Crippen molar-refractivity contribution in [2.75, 3.05) is 13.2 Å². The number of hydrogen-bond donors (Lipinski definition) is 2. The van der Waals surface area contributed by atoms with E-state index in [0.717, 1.165) is 0 Å². The van der Waals surface area contributed by atoms with Crippen molar-refractivity contribution >= 4 is 17.8 Å². The first kappa shape index (κ1) is 18.9. The number of nitrogens with one attached hydrogen (secondary N) is 1. The van der Waals surface area contributed by atoms with Crippen LogP contribution >= 0.6 is 0 Å². The molecule has 0 spiro atoms. The lowest BCUT2D eigenvalue weighted by Gasteiger charge is -2.08. The van der Waals surface area contributed by atoms with Gasteiger partial charge in [-0.05, 0) is 30.3 Å². The molecule has 0 saturated carbocycles. The van der Waals surface area contributed by atoms with Crippen molar-refractivity contribution in [1.29, 1.82) is 0 Å². The smallest absolute Gasteiger partial charge is 0.338 e. The second-order valence-electron chi connectivity index (χ2n) is 5.22. The molecule has 8 heteroatoms. The summed E-state index contributed by atoms with van der Waals surface area (Å²) in [4.78, 5) is 34.2. The zero-order valence-corrected chi connectivity index (χ0v) is 13.7. The van der Waals surface area contributed by atoms with Crippen LogP contribution in [-0.2, 0) is 20.9 Å². The number of carbonyl (C=O) groups is 3. The molecule has 0 aliphatic rings. The molecule has 0 aliphatic heterocycles. The first-order valence-electron chi connectivity index (χ1n) is 7.64. The molecule has 0 aliphatic carbocycles. The van der Waals surface area contributed by atoms with E-state index in [4.69, 9.17) is 15.2 Å². The van der Waals surface area contributed by atoms with Gasteiger partial charge in [0.25, 0.3) is 11.8 Å². The molecule has 26 heavy (non-hydrogen) atoms. The molecule has 0 saturated heterocycles. The monoisotopic (exact) mass is 360 g/mol. The number of nitrogens with two attached hydrogens (primary N) is 1. The Labute approximate surface area is 148 Å². The summed E-state index contributed by atoms with van der Waals surface area (Å²) in [5.41, 5.74) is 5.50. The fourth-order valence-corrected chi connectivity index (χ4v) is 1.94. The maximum absolute atomic E-state index is 13.4. The molecular formula is C18H17FN2O5. The summed E-state index contributed by atoms with van der Waals surface area (Å²) in [6, 6.07) is 11.8. The van der Waals surface area contributed by atoms with Gasteiger partial charge in [0.2, 0.25) is 0 Å². The Hall–Kier alpha value is -3.42. The molecule has 0 aromatic heterocycles. The third kappa shape index (κ3) is 5.90. The molecule has 0 radical (unpaired) electrons. The highest BCUT2D eigenvalue weighted by atomic mass is 19.1. The summed E-state index contributed by atoms with van der Waals surface area (Å²) in [6.45, 7) is -0.770. The molecule has 2 amide bonds. The van der Waals surface area contributed by atoms with Crippen LogP contribution in [0.4, 0.5) is 4.39 Å². The molecule has 2 rings (SSSR count). The lowest BCUT2D eigenvalue weighted by Crippen LogP contribution is -2.28. The van der Waals surface area contributed by atoms with Gasteiger partial charge in [0.05, 0.1) is 5.56 Å². The van der Waals surface area contributed by atoms with E-state index in [2.05, 4.69) is 5.32 Å². The summed E-state index contributed by atoms with van der Waals surface area (Å²) < 4.78 is 23.4. The average molecular weight is 360 g/mol. The number of amides is 2. The van der Waals surface area contributed by atoms with Gasteiger partial charge in [-0.1, -0.05) is 18.2 Å². The Morgan fingerprint density at radius 1 is 1.00 bits per heavy atom. The predicted octanol–water partition coefficient (Wildman–Crippen LogP) is 1.16. The lowest BCUT2D eigenvalue weighted by molar-refractivity contribution is -0.124. The van der Waals surface area contributed by atoms with Crippen LogP contribution in [0.25, 0.3) is 0 Å². The van der Waals surface area contributed by atoms with Crippen molar-refractivity contribution in [1.82, 2.24) is 5.32 Å². The largest absolute Gasteiger partial charge is 0.484 e. The van der Waals surface area contributed by atoms with E-state index in [9.17, 15) is 18.8 Å². The average Bonchev–Trinajstić information content (AvgIpc) is 2.64. The van der Waals surface area contributed by atoms with Gasteiger partial charge in [-0.3, -0.25) is 9.59 Å². The number of ether oxygens (including phenoxy) is 2. The number of halogens is 1. The van der Waals surface area contributed by atoms with E-state index in [-0.39, 0.29) is 18.7 Å². The van der Waals surface area contributed by atoms with Crippen molar-refractivity contribution < 1.29 is 28.2 Å². The van der Waals surface area contributed by atoms with Gasteiger partial charge in [-0.15, -0.1) is 0 Å². The third-order valence-electron chi connectivity index (χ3n) is 3.24. The van der Waals surface area contributed by atoms with E-state index in [1.165, 1.54) is 30.3 Å². The molecule has 2 aromatic rings. The summed E-state index contributed by atoms with van der Waals surface area (Å²) in [5.74, 6) is -1.93. The van der Waals surface area contributed by atoms with E-state index in [0.29, 0.717) is 11.3 Å². The van der Waals surface area contributed by atoms with Gasteiger partial charge in [0.15, 0.2) is 13.2 Å². The second kappa shape index (κ2) is 9.16. The van der Waals surface area contributed by atoms with Gasteiger partial charge in [0, 0.05) is 12.1 Å². The van der Waals surface area contributed by atoms with Crippen molar-refractivity contribution in [3.05, 3.63) is 65.5 Å². The van der Waals surface area contributed by atoms with Crippen LogP contribution < -0.4 is 15.8 Å². The zero-order valence-electron chi connectivity index (χ0n) is 13.7. The van der Waals surface area contributed by atoms with Crippen molar-refractivity contribution in [3.8, 4) is 5.75 Å². The maximum atomic E-state index is 13.4. The lowest BCUT2D eigenvalue weighted by atomic mass is 10.2. The number of hydrogen-bond acceptors (Lipinski definition) is 5. The summed E-state index contributed by atoms with van der Waals surface area (Å²) in [7, 11) is 0. The minimum Gasteiger partial charge on any atom is -0.484 e. The molecule has 0 bridgehead atoms. The minimum absolute atomic E-state index is 0.00500. The van der Waals surface area contributed by atoms with E-state index in [1.54, 1.807) is 18.2 Å². The Morgan fingerprint density at radius 2 is 1.69 bits per heavy atom. The topological polar surface area (TPSA) is 108 Å².